The summed E-state index contributed by atoms with van der Waals surface area (Å²) in [6.45, 7) is 3.73. The summed E-state index contributed by atoms with van der Waals surface area (Å²) in [5.74, 6) is -0.502. The van der Waals surface area contributed by atoms with Crippen LogP contribution in [0.25, 0.3) is 0 Å². The monoisotopic (exact) mass is 326 g/mol. The molecule has 0 aliphatic heterocycles. The molecule has 0 spiro atoms. The summed E-state index contributed by atoms with van der Waals surface area (Å²) in [4.78, 5) is -0.156. The molecule has 5 nitrogen and oxygen atoms in total. The molecule has 0 saturated heterocycles. The van der Waals surface area contributed by atoms with Gasteiger partial charge in [0, 0.05) is 12.6 Å². The average molecular weight is 326 g/mol. The predicted molar refractivity (Wildman–Crippen MR) is 71.1 cm³/mol. The maximum Gasteiger partial charge on any atom is 0.573 e. The van der Waals surface area contributed by atoms with Gasteiger partial charge in [0.2, 0.25) is 10.0 Å². The lowest BCUT2D eigenvalue weighted by molar-refractivity contribution is -0.274. The second-order valence-electron chi connectivity index (χ2n) is 4.73. The Morgan fingerprint density at radius 3 is 2.14 bits per heavy atom. The molecule has 0 aliphatic carbocycles. The number of benzene rings is 1. The molecule has 0 amide bonds. The van der Waals surface area contributed by atoms with Gasteiger partial charge in [-0.25, -0.2) is 13.1 Å². The first-order valence-electron chi connectivity index (χ1n) is 6.13. The Bertz CT molecular complexity index is 556. The Labute approximate surface area is 121 Å². The van der Waals surface area contributed by atoms with Crippen molar-refractivity contribution >= 4 is 10.0 Å². The maximum absolute atomic E-state index is 12.1. The van der Waals surface area contributed by atoms with Crippen LogP contribution in [-0.4, -0.2) is 27.4 Å². The van der Waals surface area contributed by atoms with E-state index < -0.39 is 28.2 Å². The first-order valence-corrected chi connectivity index (χ1v) is 7.61. The number of hydrogen-bond donors (Lipinski definition) is 2. The average Bonchev–Trinajstić information content (AvgIpc) is 2.34. The lowest BCUT2D eigenvalue weighted by Gasteiger charge is -2.20. The molecule has 0 heterocycles. The van der Waals surface area contributed by atoms with Crippen LogP contribution in [0.3, 0.4) is 0 Å². The molecular weight excluding hydrogens is 309 g/mol. The highest BCUT2D eigenvalue weighted by molar-refractivity contribution is 7.89. The van der Waals surface area contributed by atoms with Gasteiger partial charge in [0.1, 0.15) is 5.75 Å². The van der Waals surface area contributed by atoms with Crippen LogP contribution in [0.4, 0.5) is 13.2 Å². The van der Waals surface area contributed by atoms with Crippen LogP contribution in [0, 0.1) is 5.92 Å². The molecule has 1 unspecified atom stereocenters. The Balaban J connectivity index is 2.90. The Morgan fingerprint density at radius 2 is 1.76 bits per heavy atom. The molecule has 0 aromatic heterocycles. The zero-order chi connectivity index (χ0) is 16.3. The molecule has 0 radical (unpaired) electrons. The quantitative estimate of drug-likeness (QED) is 0.836. The van der Waals surface area contributed by atoms with Crippen molar-refractivity contribution in [1.82, 2.24) is 4.72 Å². The molecule has 1 aromatic rings. The second kappa shape index (κ2) is 6.63. The van der Waals surface area contributed by atoms with Gasteiger partial charge in [-0.05, 0) is 30.2 Å². The zero-order valence-corrected chi connectivity index (χ0v) is 12.3. The molecule has 0 bridgehead atoms. The molecule has 0 saturated carbocycles. The van der Waals surface area contributed by atoms with E-state index in [4.69, 9.17) is 5.73 Å². The molecular formula is C12H17F3N2O3S. The largest absolute Gasteiger partial charge is 0.573 e. The number of nitrogens with one attached hydrogen (secondary N) is 1. The number of hydrogen-bond acceptors (Lipinski definition) is 4. The van der Waals surface area contributed by atoms with Gasteiger partial charge in [0.05, 0.1) is 4.90 Å². The normalized spacial score (nSPS) is 14.2. The molecule has 1 rings (SSSR count). The van der Waals surface area contributed by atoms with Gasteiger partial charge in [-0.1, -0.05) is 13.8 Å². The van der Waals surface area contributed by atoms with Gasteiger partial charge in [0.25, 0.3) is 0 Å². The number of nitrogens with two attached hydrogens (primary N) is 1. The second-order valence-corrected chi connectivity index (χ2v) is 6.44. The van der Waals surface area contributed by atoms with Crippen molar-refractivity contribution < 1.29 is 26.3 Å². The summed E-state index contributed by atoms with van der Waals surface area (Å²) < 4.78 is 66.3. The van der Waals surface area contributed by atoms with E-state index in [1.807, 2.05) is 0 Å². The van der Waals surface area contributed by atoms with Crippen LogP contribution in [0.5, 0.6) is 5.75 Å². The van der Waals surface area contributed by atoms with E-state index in [0.29, 0.717) is 0 Å². The number of halogens is 3. The van der Waals surface area contributed by atoms with Crippen LogP contribution in [0.2, 0.25) is 0 Å². The van der Waals surface area contributed by atoms with Gasteiger partial charge in [-0.2, -0.15) is 0 Å². The smallest absolute Gasteiger partial charge is 0.406 e. The van der Waals surface area contributed by atoms with Crippen molar-refractivity contribution in [2.24, 2.45) is 11.7 Å². The van der Waals surface area contributed by atoms with E-state index >= 15 is 0 Å². The third kappa shape index (κ3) is 5.52. The Kier molecular flexibility index (Phi) is 5.60. The number of sulfonamides is 1. The minimum Gasteiger partial charge on any atom is -0.406 e. The van der Waals surface area contributed by atoms with E-state index in [1.54, 1.807) is 13.8 Å². The lowest BCUT2D eigenvalue weighted by atomic mass is 10.1. The minimum atomic E-state index is -4.82. The highest BCUT2D eigenvalue weighted by Gasteiger charge is 2.31. The molecule has 120 valence electrons. The fourth-order valence-corrected chi connectivity index (χ4v) is 2.94. The van der Waals surface area contributed by atoms with Crippen molar-refractivity contribution in [2.45, 2.75) is 31.1 Å². The van der Waals surface area contributed by atoms with Crippen molar-refractivity contribution in [1.29, 1.82) is 0 Å². The number of rotatable bonds is 6. The summed E-state index contributed by atoms with van der Waals surface area (Å²) in [6.07, 6.45) is -4.82. The van der Waals surface area contributed by atoms with Crippen LogP contribution in [0.1, 0.15) is 13.8 Å². The van der Waals surface area contributed by atoms with Crippen molar-refractivity contribution in [3.8, 4) is 5.75 Å². The number of alkyl halides is 3. The van der Waals surface area contributed by atoms with Crippen molar-refractivity contribution in [2.75, 3.05) is 6.54 Å². The standard InChI is InChI=1S/C12H17F3N2O3S/c1-8(2)11(7-16)17-21(18,19)10-5-3-9(4-6-10)20-12(13,14)15/h3-6,8,11,17H,7,16H2,1-2H3. The van der Waals surface area contributed by atoms with Crippen molar-refractivity contribution in [3.05, 3.63) is 24.3 Å². The SMILES string of the molecule is CC(C)C(CN)NS(=O)(=O)c1ccc(OC(F)(F)F)cc1. The topological polar surface area (TPSA) is 81.4 Å². The van der Waals surface area contributed by atoms with E-state index in [0.717, 1.165) is 24.3 Å². The fourth-order valence-electron chi connectivity index (χ4n) is 1.54. The van der Waals surface area contributed by atoms with E-state index in [9.17, 15) is 21.6 Å². The predicted octanol–water partition coefficient (Wildman–Crippen LogP) is 1.85. The first kappa shape index (κ1) is 17.7. The lowest BCUT2D eigenvalue weighted by Crippen LogP contribution is -2.43. The summed E-state index contributed by atoms with van der Waals surface area (Å²) in [6, 6.07) is 3.50. The zero-order valence-electron chi connectivity index (χ0n) is 11.5. The summed E-state index contributed by atoms with van der Waals surface area (Å²) >= 11 is 0. The molecule has 1 atom stereocenters. The fraction of sp³-hybridized carbons (Fsp3) is 0.500. The van der Waals surface area contributed by atoms with E-state index in [-0.39, 0.29) is 17.4 Å². The molecule has 0 aliphatic rings. The van der Waals surface area contributed by atoms with Crippen LogP contribution in [0.15, 0.2) is 29.2 Å². The molecule has 21 heavy (non-hydrogen) atoms. The Hall–Kier alpha value is -1.32. The molecule has 0 fully saturated rings. The van der Waals surface area contributed by atoms with Gasteiger partial charge >= 0.3 is 6.36 Å². The summed E-state index contributed by atoms with van der Waals surface area (Å²) in [7, 11) is -3.84. The van der Waals surface area contributed by atoms with E-state index in [1.165, 1.54) is 0 Å². The molecule has 1 aromatic carbocycles. The van der Waals surface area contributed by atoms with Gasteiger partial charge in [-0.15, -0.1) is 13.2 Å². The van der Waals surface area contributed by atoms with Crippen LogP contribution >= 0.6 is 0 Å². The van der Waals surface area contributed by atoms with Crippen LogP contribution < -0.4 is 15.2 Å². The summed E-state index contributed by atoms with van der Waals surface area (Å²) in [5.41, 5.74) is 5.48. The molecule has 3 N–H and O–H groups in total. The highest BCUT2D eigenvalue weighted by atomic mass is 32.2. The minimum absolute atomic E-state index is 0.0161. The number of ether oxygens (including phenoxy) is 1. The highest BCUT2D eigenvalue weighted by Crippen LogP contribution is 2.24. The van der Waals surface area contributed by atoms with E-state index in [2.05, 4.69) is 9.46 Å². The van der Waals surface area contributed by atoms with Crippen molar-refractivity contribution in [3.63, 3.8) is 0 Å². The van der Waals surface area contributed by atoms with Gasteiger partial charge < -0.3 is 10.5 Å². The third-order valence-corrected chi connectivity index (χ3v) is 4.24. The van der Waals surface area contributed by atoms with Gasteiger partial charge in [0.15, 0.2) is 0 Å². The maximum atomic E-state index is 12.1. The first-order chi connectivity index (χ1) is 9.55. The van der Waals surface area contributed by atoms with Crippen LogP contribution in [-0.2, 0) is 10.0 Å². The Morgan fingerprint density at radius 1 is 1.24 bits per heavy atom. The summed E-state index contributed by atoms with van der Waals surface area (Å²) in [5, 5.41) is 0. The van der Waals surface area contributed by atoms with Gasteiger partial charge in [-0.3, -0.25) is 0 Å². The third-order valence-electron chi connectivity index (χ3n) is 2.73. The molecule has 9 heteroatoms.